The molecule has 1 saturated heterocycles. The molecule has 0 unspecified atom stereocenters. The summed E-state index contributed by atoms with van der Waals surface area (Å²) >= 11 is 0. The first-order valence-electron chi connectivity index (χ1n) is 6.25. The molecule has 0 aromatic carbocycles. The largest absolute Gasteiger partial charge is 0.389 e. The lowest BCUT2D eigenvalue weighted by atomic mass is 10.2. The molecule has 2 aliphatic rings. The normalized spacial score (nSPS) is 19.7. The monoisotopic (exact) mass is 252 g/mol. The van der Waals surface area contributed by atoms with Gasteiger partial charge in [-0.2, -0.15) is 4.98 Å². The zero-order valence-electron chi connectivity index (χ0n) is 10.0. The second kappa shape index (κ2) is 4.56. The van der Waals surface area contributed by atoms with E-state index >= 15 is 0 Å². The molecule has 0 atom stereocenters. The second-order valence-corrected chi connectivity index (χ2v) is 4.86. The van der Waals surface area contributed by atoms with E-state index in [1.807, 2.05) is 0 Å². The lowest BCUT2D eigenvalue weighted by Gasteiger charge is -2.35. The summed E-state index contributed by atoms with van der Waals surface area (Å²) in [5.41, 5.74) is 0. The Morgan fingerprint density at radius 3 is 2.94 bits per heavy atom. The third-order valence-corrected chi connectivity index (χ3v) is 3.18. The Morgan fingerprint density at radius 1 is 1.50 bits per heavy atom. The highest BCUT2D eigenvalue weighted by Crippen LogP contribution is 2.38. The van der Waals surface area contributed by atoms with E-state index in [1.54, 1.807) is 4.90 Å². The van der Waals surface area contributed by atoms with Gasteiger partial charge in [-0.25, -0.2) is 4.79 Å². The molecule has 3 rings (SSSR count). The number of aliphatic hydroxyl groups is 1. The van der Waals surface area contributed by atoms with E-state index in [0.717, 1.165) is 18.7 Å². The van der Waals surface area contributed by atoms with Gasteiger partial charge >= 0.3 is 6.03 Å². The fourth-order valence-corrected chi connectivity index (χ4v) is 1.88. The smallest absolute Gasteiger partial charge is 0.317 e. The van der Waals surface area contributed by atoms with Gasteiger partial charge in [0.25, 0.3) is 0 Å². The van der Waals surface area contributed by atoms with E-state index in [4.69, 9.17) is 9.63 Å². The Bertz CT molecular complexity index is 437. The standard InChI is InChI=1S/C11H16N4O3/c16-8-5-15(6-8)11(17)12-4-3-9-13-10(18-14-9)7-1-2-7/h7-8,16H,1-6H2,(H,12,17). The molecule has 7 nitrogen and oxygen atoms in total. The molecule has 1 aromatic heterocycles. The maximum atomic E-state index is 11.5. The molecule has 0 radical (unpaired) electrons. The number of carbonyl (C=O) groups excluding carboxylic acids is 1. The average Bonchev–Trinajstić information content (AvgIpc) is 3.06. The maximum Gasteiger partial charge on any atom is 0.317 e. The number of likely N-dealkylation sites (tertiary alicyclic amines) is 1. The van der Waals surface area contributed by atoms with E-state index in [2.05, 4.69) is 15.5 Å². The molecule has 0 bridgehead atoms. The number of aliphatic hydroxyl groups excluding tert-OH is 1. The number of carbonyl (C=O) groups is 1. The minimum Gasteiger partial charge on any atom is -0.389 e. The van der Waals surface area contributed by atoms with E-state index < -0.39 is 0 Å². The summed E-state index contributed by atoms with van der Waals surface area (Å²) in [6.45, 7) is 1.31. The van der Waals surface area contributed by atoms with Gasteiger partial charge in [0.05, 0.1) is 19.2 Å². The maximum absolute atomic E-state index is 11.5. The summed E-state index contributed by atoms with van der Waals surface area (Å²) in [7, 11) is 0. The number of hydrogen-bond donors (Lipinski definition) is 2. The summed E-state index contributed by atoms with van der Waals surface area (Å²) in [6.07, 6.45) is 2.47. The van der Waals surface area contributed by atoms with Crippen molar-refractivity contribution in [2.24, 2.45) is 0 Å². The van der Waals surface area contributed by atoms with Crippen LogP contribution in [0.3, 0.4) is 0 Å². The summed E-state index contributed by atoms with van der Waals surface area (Å²) in [5, 5.41) is 15.7. The van der Waals surface area contributed by atoms with Crippen molar-refractivity contribution in [2.75, 3.05) is 19.6 Å². The molecule has 18 heavy (non-hydrogen) atoms. The molecular formula is C11H16N4O3. The fourth-order valence-electron chi connectivity index (χ4n) is 1.88. The number of rotatable bonds is 4. The van der Waals surface area contributed by atoms with Crippen molar-refractivity contribution in [3.63, 3.8) is 0 Å². The molecule has 0 spiro atoms. The van der Waals surface area contributed by atoms with E-state index in [0.29, 0.717) is 37.8 Å². The van der Waals surface area contributed by atoms with Crippen LogP contribution in [0.5, 0.6) is 0 Å². The molecule has 2 fully saturated rings. The van der Waals surface area contributed by atoms with Gasteiger partial charge in [-0.05, 0) is 12.8 Å². The highest BCUT2D eigenvalue weighted by atomic mass is 16.5. The molecule has 2 N–H and O–H groups in total. The number of urea groups is 1. The summed E-state index contributed by atoms with van der Waals surface area (Å²) in [5.74, 6) is 1.83. The predicted octanol–water partition coefficient (Wildman–Crippen LogP) is -0.124. The Labute approximate surface area is 104 Å². The minimum absolute atomic E-state index is 0.147. The van der Waals surface area contributed by atoms with Gasteiger partial charge in [0.1, 0.15) is 0 Å². The predicted molar refractivity (Wildman–Crippen MR) is 61.0 cm³/mol. The first kappa shape index (κ1) is 11.5. The van der Waals surface area contributed by atoms with E-state index in [9.17, 15) is 4.79 Å². The number of amides is 2. The highest BCUT2D eigenvalue weighted by Gasteiger charge is 2.30. The third-order valence-electron chi connectivity index (χ3n) is 3.18. The van der Waals surface area contributed by atoms with Crippen LogP contribution in [0, 0.1) is 0 Å². The number of hydrogen-bond acceptors (Lipinski definition) is 5. The summed E-state index contributed by atoms with van der Waals surface area (Å²) in [4.78, 5) is 17.4. The number of aromatic nitrogens is 2. The Kier molecular flexibility index (Phi) is 2.91. The van der Waals surface area contributed by atoms with Crippen LogP contribution in [-0.2, 0) is 6.42 Å². The van der Waals surface area contributed by atoms with Gasteiger partial charge in [0.15, 0.2) is 5.82 Å². The van der Waals surface area contributed by atoms with E-state index in [-0.39, 0.29) is 12.1 Å². The first-order chi connectivity index (χ1) is 8.72. The topological polar surface area (TPSA) is 91.5 Å². The van der Waals surface area contributed by atoms with Crippen LogP contribution in [0.15, 0.2) is 4.52 Å². The molecule has 98 valence electrons. The van der Waals surface area contributed by atoms with Crippen LogP contribution in [0.2, 0.25) is 0 Å². The van der Waals surface area contributed by atoms with Crippen molar-refractivity contribution in [3.05, 3.63) is 11.7 Å². The molecule has 2 heterocycles. The van der Waals surface area contributed by atoms with Crippen LogP contribution < -0.4 is 5.32 Å². The SMILES string of the molecule is O=C(NCCc1noc(C2CC2)n1)N1CC(O)C1. The molecule has 1 aliphatic carbocycles. The van der Waals surface area contributed by atoms with Gasteiger partial charge < -0.3 is 19.8 Å². The lowest BCUT2D eigenvalue weighted by Crippen LogP contribution is -2.56. The fraction of sp³-hybridized carbons (Fsp3) is 0.727. The number of nitrogens with one attached hydrogen (secondary N) is 1. The van der Waals surface area contributed by atoms with Gasteiger partial charge in [-0.15, -0.1) is 0 Å². The van der Waals surface area contributed by atoms with Gasteiger partial charge in [0, 0.05) is 18.9 Å². The Balaban J connectivity index is 1.39. The van der Waals surface area contributed by atoms with Gasteiger partial charge in [0.2, 0.25) is 5.89 Å². The van der Waals surface area contributed by atoms with Crippen molar-refractivity contribution < 1.29 is 14.4 Å². The van der Waals surface area contributed by atoms with Crippen LogP contribution in [0.1, 0.15) is 30.5 Å². The van der Waals surface area contributed by atoms with Crippen molar-refractivity contribution >= 4 is 6.03 Å². The molecule has 7 heteroatoms. The van der Waals surface area contributed by atoms with Crippen molar-refractivity contribution in [1.29, 1.82) is 0 Å². The van der Waals surface area contributed by atoms with Crippen molar-refractivity contribution in [1.82, 2.24) is 20.4 Å². The first-order valence-corrected chi connectivity index (χ1v) is 6.25. The van der Waals surface area contributed by atoms with Gasteiger partial charge in [-0.1, -0.05) is 5.16 Å². The summed E-state index contributed by atoms with van der Waals surface area (Å²) in [6, 6.07) is -0.147. The minimum atomic E-state index is -0.367. The summed E-state index contributed by atoms with van der Waals surface area (Å²) < 4.78 is 5.12. The van der Waals surface area contributed by atoms with Crippen LogP contribution in [0.25, 0.3) is 0 Å². The molecular weight excluding hydrogens is 236 g/mol. The quantitative estimate of drug-likeness (QED) is 0.779. The lowest BCUT2D eigenvalue weighted by molar-refractivity contribution is 0.0267. The second-order valence-electron chi connectivity index (χ2n) is 4.86. The highest BCUT2D eigenvalue weighted by molar-refractivity contribution is 5.75. The number of nitrogens with zero attached hydrogens (tertiary/aromatic N) is 3. The number of β-amino-alcohol motifs (C(OH)–C–C–N with tert-alkyl or cyclic N) is 1. The van der Waals surface area contributed by atoms with Gasteiger partial charge in [-0.3, -0.25) is 0 Å². The zero-order chi connectivity index (χ0) is 12.5. The Hall–Kier alpha value is -1.63. The van der Waals surface area contributed by atoms with Crippen molar-refractivity contribution in [3.8, 4) is 0 Å². The Morgan fingerprint density at radius 2 is 2.28 bits per heavy atom. The molecule has 1 aromatic rings. The molecule has 1 saturated carbocycles. The van der Waals surface area contributed by atoms with Crippen LogP contribution in [-0.4, -0.2) is 51.9 Å². The average molecular weight is 252 g/mol. The van der Waals surface area contributed by atoms with Crippen molar-refractivity contribution in [2.45, 2.75) is 31.3 Å². The zero-order valence-corrected chi connectivity index (χ0v) is 10.0. The van der Waals surface area contributed by atoms with Crippen LogP contribution >= 0.6 is 0 Å². The molecule has 2 amide bonds. The van der Waals surface area contributed by atoms with E-state index in [1.165, 1.54) is 0 Å². The molecule has 1 aliphatic heterocycles. The van der Waals surface area contributed by atoms with Crippen LogP contribution in [0.4, 0.5) is 4.79 Å². The third kappa shape index (κ3) is 2.45.